The van der Waals surface area contributed by atoms with E-state index >= 15 is 0 Å². The standard InChI is InChI=1S/C25H26N2O3/c1-25(21-12-11-17-7-4-8-19(17)14-21)23(29)27(24(30)26-25)15-22(28)20-10-9-16-5-2-3-6-18(16)13-20/h9-14H,2-8,15H2,1H3,(H,26,30)/t25-/m1/s1. The molecule has 0 saturated carbocycles. The SMILES string of the molecule is C[C@]1(c2ccc3c(c2)CCC3)NC(=O)N(CC(=O)c2ccc3c(c2)CCCC3)C1=O. The molecule has 2 aromatic rings. The number of amides is 3. The highest BCUT2D eigenvalue weighted by Gasteiger charge is 2.49. The van der Waals surface area contributed by atoms with Gasteiger partial charge < -0.3 is 5.32 Å². The molecule has 3 aliphatic rings. The molecule has 0 radical (unpaired) electrons. The van der Waals surface area contributed by atoms with E-state index in [0.717, 1.165) is 49.0 Å². The maximum absolute atomic E-state index is 13.2. The van der Waals surface area contributed by atoms with E-state index in [2.05, 4.69) is 11.4 Å². The molecule has 1 saturated heterocycles. The number of urea groups is 1. The maximum atomic E-state index is 13.2. The number of aryl methyl sites for hydroxylation is 4. The monoisotopic (exact) mass is 402 g/mol. The van der Waals surface area contributed by atoms with Gasteiger partial charge in [-0.05, 0) is 85.8 Å². The smallest absolute Gasteiger partial charge is 0.319 e. The molecule has 1 atom stereocenters. The summed E-state index contributed by atoms with van der Waals surface area (Å²) in [7, 11) is 0. The minimum Gasteiger partial charge on any atom is -0.319 e. The zero-order chi connectivity index (χ0) is 20.9. The molecule has 154 valence electrons. The summed E-state index contributed by atoms with van der Waals surface area (Å²) in [6.07, 6.45) is 7.54. The fraction of sp³-hybridized carbons (Fsp3) is 0.400. The molecule has 0 aromatic heterocycles. The second-order valence-electron chi connectivity index (χ2n) is 8.90. The second-order valence-corrected chi connectivity index (χ2v) is 8.90. The third kappa shape index (κ3) is 3.04. The van der Waals surface area contributed by atoms with Crippen LogP contribution in [0.15, 0.2) is 36.4 Å². The lowest BCUT2D eigenvalue weighted by Gasteiger charge is -2.23. The van der Waals surface area contributed by atoms with E-state index in [-0.39, 0.29) is 18.2 Å². The predicted molar refractivity (Wildman–Crippen MR) is 113 cm³/mol. The molecule has 2 aromatic carbocycles. The highest BCUT2D eigenvalue weighted by molar-refractivity contribution is 6.11. The molecule has 1 fully saturated rings. The van der Waals surface area contributed by atoms with Gasteiger partial charge in [0, 0.05) is 5.56 Å². The average Bonchev–Trinajstić information content (AvgIpc) is 3.31. The summed E-state index contributed by atoms with van der Waals surface area (Å²) in [4.78, 5) is 39.8. The third-order valence-corrected chi connectivity index (χ3v) is 6.92. The molecule has 0 spiro atoms. The van der Waals surface area contributed by atoms with Crippen LogP contribution < -0.4 is 5.32 Å². The van der Waals surface area contributed by atoms with Crippen LogP contribution in [0.4, 0.5) is 4.79 Å². The van der Waals surface area contributed by atoms with E-state index in [1.165, 1.54) is 28.7 Å². The van der Waals surface area contributed by atoms with Gasteiger partial charge in [0.1, 0.15) is 5.54 Å². The van der Waals surface area contributed by atoms with E-state index < -0.39 is 11.6 Å². The van der Waals surface area contributed by atoms with Crippen LogP contribution in [0.25, 0.3) is 0 Å². The molecule has 0 unspecified atom stereocenters. The fourth-order valence-electron chi connectivity index (χ4n) is 5.06. The number of hydrogen-bond donors (Lipinski definition) is 1. The van der Waals surface area contributed by atoms with Gasteiger partial charge in [-0.3, -0.25) is 14.5 Å². The van der Waals surface area contributed by atoms with E-state index in [9.17, 15) is 14.4 Å². The number of nitrogens with zero attached hydrogens (tertiary/aromatic N) is 1. The summed E-state index contributed by atoms with van der Waals surface area (Å²) in [6, 6.07) is 11.3. The molecule has 3 amide bonds. The van der Waals surface area contributed by atoms with Crippen LogP contribution >= 0.6 is 0 Å². The molecule has 1 heterocycles. The molecule has 0 bridgehead atoms. The van der Waals surface area contributed by atoms with Crippen LogP contribution in [0.3, 0.4) is 0 Å². The van der Waals surface area contributed by atoms with Crippen LogP contribution in [-0.2, 0) is 36.0 Å². The highest BCUT2D eigenvalue weighted by Crippen LogP contribution is 2.33. The summed E-state index contributed by atoms with van der Waals surface area (Å²) in [5.74, 6) is -0.568. The van der Waals surface area contributed by atoms with Crippen molar-refractivity contribution in [2.24, 2.45) is 0 Å². The zero-order valence-corrected chi connectivity index (χ0v) is 17.3. The molecular weight excluding hydrogens is 376 g/mol. The van der Waals surface area contributed by atoms with Gasteiger partial charge in [-0.15, -0.1) is 0 Å². The summed E-state index contributed by atoms with van der Waals surface area (Å²) in [5, 5.41) is 2.83. The van der Waals surface area contributed by atoms with E-state index in [1.807, 2.05) is 30.3 Å². The van der Waals surface area contributed by atoms with Crippen molar-refractivity contribution in [3.05, 3.63) is 69.8 Å². The van der Waals surface area contributed by atoms with Gasteiger partial charge >= 0.3 is 6.03 Å². The normalized spacial score (nSPS) is 22.6. The van der Waals surface area contributed by atoms with Crippen molar-refractivity contribution in [2.75, 3.05) is 6.54 Å². The number of nitrogens with one attached hydrogen (secondary N) is 1. The minimum absolute atomic E-state index is 0.204. The molecule has 2 aliphatic carbocycles. The maximum Gasteiger partial charge on any atom is 0.325 e. The van der Waals surface area contributed by atoms with Crippen molar-refractivity contribution in [3.8, 4) is 0 Å². The lowest BCUT2D eigenvalue weighted by atomic mass is 9.89. The van der Waals surface area contributed by atoms with Crippen LogP contribution in [0.5, 0.6) is 0 Å². The van der Waals surface area contributed by atoms with Gasteiger partial charge in [-0.1, -0.05) is 30.3 Å². The number of fused-ring (bicyclic) bond motifs is 2. The number of carbonyl (C=O) groups excluding carboxylic acids is 3. The van der Waals surface area contributed by atoms with Gasteiger partial charge in [-0.2, -0.15) is 0 Å². The first kappa shape index (κ1) is 19.0. The Morgan fingerprint density at radius 2 is 1.53 bits per heavy atom. The number of benzene rings is 2. The number of rotatable bonds is 4. The largest absolute Gasteiger partial charge is 0.325 e. The first-order chi connectivity index (χ1) is 14.5. The summed E-state index contributed by atoms with van der Waals surface area (Å²) in [5.41, 5.74) is 5.31. The fourth-order valence-corrected chi connectivity index (χ4v) is 5.06. The number of imide groups is 1. The van der Waals surface area contributed by atoms with E-state index in [0.29, 0.717) is 5.56 Å². The van der Waals surface area contributed by atoms with Gasteiger partial charge in [0.2, 0.25) is 0 Å². The molecule has 1 N–H and O–H groups in total. The molecule has 5 nitrogen and oxygen atoms in total. The van der Waals surface area contributed by atoms with Gasteiger partial charge in [0.05, 0.1) is 6.54 Å². The average molecular weight is 402 g/mol. The van der Waals surface area contributed by atoms with Crippen molar-refractivity contribution in [1.29, 1.82) is 0 Å². The van der Waals surface area contributed by atoms with Gasteiger partial charge in [0.25, 0.3) is 5.91 Å². The first-order valence-corrected chi connectivity index (χ1v) is 10.9. The highest BCUT2D eigenvalue weighted by atomic mass is 16.2. The lowest BCUT2D eigenvalue weighted by molar-refractivity contribution is -0.130. The van der Waals surface area contributed by atoms with Crippen molar-refractivity contribution in [1.82, 2.24) is 10.2 Å². The number of Topliss-reactive ketones (excluding diaryl/α,β-unsaturated/α-hetero) is 1. The predicted octanol–water partition coefficient (Wildman–Crippen LogP) is 3.70. The van der Waals surface area contributed by atoms with E-state index in [1.54, 1.807) is 6.92 Å². The van der Waals surface area contributed by atoms with Gasteiger partial charge in [-0.25, -0.2) is 4.79 Å². The Balaban J connectivity index is 1.37. The Morgan fingerprint density at radius 3 is 2.33 bits per heavy atom. The lowest BCUT2D eigenvalue weighted by Crippen LogP contribution is -2.41. The molecular formula is C25H26N2O3. The van der Waals surface area contributed by atoms with Crippen molar-refractivity contribution in [3.63, 3.8) is 0 Å². The van der Waals surface area contributed by atoms with Crippen LogP contribution in [0.1, 0.15) is 64.4 Å². The van der Waals surface area contributed by atoms with Crippen molar-refractivity contribution < 1.29 is 14.4 Å². The summed E-state index contributed by atoms with van der Waals surface area (Å²) >= 11 is 0. The van der Waals surface area contributed by atoms with Crippen LogP contribution in [-0.4, -0.2) is 29.2 Å². The Hall–Kier alpha value is -2.95. The summed E-state index contributed by atoms with van der Waals surface area (Å²) in [6.45, 7) is 1.50. The summed E-state index contributed by atoms with van der Waals surface area (Å²) < 4.78 is 0. The minimum atomic E-state index is -1.13. The molecule has 30 heavy (non-hydrogen) atoms. The van der Waals surface area contributed by atoms with Gasteiger partial charge in [0.15, 0.2) is 5.78 Å². The molecule has 5 rings (SSSR count). The van der Waals surface area contributed by atoms with Crippen LogP contribution in [0.2, 0.25) is 0 Å². The Labute approximate surface area is 176 Å². The number of ketones is 1. The Kier molecular flexibility index (Phi) is 4.49. The van der Waals surface area contributed by atoms with Crippen molar-refractivity contribution >= 4 is 17.7 Å². The Bertz CT molecular complexity index is 1070. The number of hydrogen-bond acceptors (Lipinski definition) is 3. The molecule has 1 aliphatic heterocycles. The topological polar surface area (TPSA) is 66.5 Å². The first-order valence-electron chi connectivity index (χ1n) is 10.9. The van der Waals surface area contributed by atoms with Crippen LogP contribution in [0, 0.1) is 0 Å². The zero-order valence-electron chi connectivity index (χ0n) is 17.3. The quantitative estimate of drug-likeness (QED) is 0.626. The van der Waals surface area contributed by atoms with E-state index in [4.69, 9.17) is 0 Å². The Morgan fingerprint density at radius 1 is 0.900 bits per heavy atom. The molecule has 5 heteroatoms. The second kappa shape index (κ2) is 7.08. The van der Waals surface area contributed by atoms with Crippen molar-refractivity contribution in [2.45, 2.75) is 57.4 Å². The number of carbonyl (C=O) groups is 3. The third-order valence-electron chi connectivity index (χ3n) is 6.92.